The molecule has 0 spiro atoms. The van der Waals surface area contributed by atoms with E-state index in [1.54, 1.807) is 12.4 Å². The SMILES string of the molecule is C=CC(=O)Nc1cc2c(cc1-c1n[nH]c3ccc(O[C@H](C)c4c(Cl)cncc4Cl)cc13)CN(C)C2. The predicted octanol–water partition coefficient (Wildman–Crippen LogP) is 6.14. The molecule has 178 valence electrons. The largest absolute Gasteiger partial charge is 0.486 e. The minimum absolute atomic E-state index is 0.277. The second kappa shape index (κ2) is 9.34. The Labute approximate surface area is 212 Å². The van der Waals surface area contributed by atoms with Gasteiger partial charge in [-0.2, -0.15) is 5.10 Å². The minimum Gasteiger partial charge on any atom is -0.486 e. The first-order chi connectivity index (χ1) is 16.8. The van der Waals surface area contributed by atoms with Gasteiger partial charge in [-0.1, -0.05) is 29.8 Å². The summed E-state index contributed by atoms with van der Waals surface area (Å²) in [5.74, 6) is 0.357. The van der Waals surface area contributed by atoms with E-state index in [0.29, 0.717) is 27.0 Å². The number of rotatable bonds is 6. The van der Waals surface area contributed by atoms with Crippen molar-refractivity contribution < 1.29 is 9.53 Å². The van der Waals surface area contributed by atoms with E-state index in [1.807, 2.05) is 31.2 Å². The van der Waals surface area contributed by atoms with Crippen molar-refractivity contribution in [3.8, 4) is 17.0 Å². The Morgan fingerprint density at radius 1 is 1.20 bits per heavy atom. The van der Waals surface area contributed by atoms with Gasteiger partial charge in [-0.05, 0) is 61.5 Å². The molecule has 9 heteroatoms. The van der Waals surface area contributed by atoms with Crippen molar-refractivity contribution in [2.75, 3.05) is 12.4 Å². The molecule has 7 nitrogen and oxygen atoms in total. The molecule has 0 radical (unpaired) electrons. The van der Waals surface area contributed by atoms with Gasteiger partial charge >= 0.3 is 0 Å². The number of ether oxygens (including phenoxy) is 1. The van der Waals surface area contributed by atoms with Crippen molar-refractivity contribution in [3.05, 3.63) is 82.1 Å². The van der Waals surface area contributed by atoms with Crippen LogP contribution in [0.4, 0.5) is 5.69 Å². The minimum atomic E-state index is -0.399. The highest BCUT2D eigenvalue weighted by atomic mass is 35.5. The maximum atomic E-state index is 12.2. The van der Waals surface area contributed by atoms with Gasteiger partial charge in [0, 0.05) is 42.0 Å². The van der Waals surface area contributed by atoms with Crippen LogP contribution in [0.3, 0.4) is 0 Å². The Hall–Kier alpha value is -3.39. The van der Waals surface area contributed by atoms with Crippen molar-refractivity contribution in [2.45, 2.75) is 26.1 Å². The van der Waals surface area contributed by atoms with Crippen LogP contribution in [-0.2, 0) is 17.9 Å². The number of aromatic nitrogens is 3. The number of halogens is 2. The number of H-pyrrole nitrogens is 1. The summed E-state index contributed by atoms with van der Waals surface area (Å²) >= 11 is 12.6. The number of nitrogens with zero attached hydrogens (tertiary/aromatic N) is 3. The first-order valence-corrected chi connectivity index (χ1v) is 11.8. The molecule has 0 saturated heterocycles. The van der Waals surface area contributed by atoms with Gasteiger partial charge in [-0.25, -0.2) is 0 Å². The summed E-state index contributed by atoms with van der Waals surface area (Å²) in [4.78, 5) is 18.4. The van der Waals surface area contributed by atoms with Gasteiger partial charge in [-0.15, -0.1) is 0 Å². The number of nitrogens with one attached hydrogen (secondary N) is 2. The van der Waals surface area contributed by atoms with Crippen molar-refractivity contribution in [3.63, 3.8) is 0 Å². The van der Waals surface area contributed by atoms with Crippen LogP contribution in [0.25, 0.3) is 22.2 Å². The summed E-state index contributed by atoms with van der Waals surface area (Å²) in [6.07, 6.45) is 3.95. The molecule has 0 unspecified atom stereocenters. The van der Waals surface area contributed by atoms with Crippen LogP contribution >= 0.6 is 23.2 Å². The fourth-order valence-electron chi connectivity index (χ4n) is 4.45. The number of amides is 1. The molecule has 4 aromatic rings. The third-order valence-electron chi connectivity index (χ3n) is 6.06. The molecular formula is C26H23Cl2N5O2. The van der Waals surface area contributed by atoms with Crippen LogP contribution in [0.5, 0.6) is 5.75 Å². The molecule has 0 saturated carbocycles. The molecule has 5 rings (SSSR count). The van der Waals surface area contributed by atoms with E-state index in [1.165, 1.54) is 17.2 Å². The summed E-state index contributed by atoms with van der Waals surface area (Å²) in [5.41, 5.74) is 6.14. The first kappa shape index (κ1) is 23.4. The number of benzene rings is 2. The highest BCUT2D eigenvalue weighted by Gasteiger charge is 2.22. The highest BCUT2D eigenvalue weighted by Crippen LogP contribution is 2.39. The Balaban J connectivity index is 1.56. The summed E-state index contributed by atoms with van der Waals surface area (Å²) in [6.45, 7) is 7.12. The summed E-state index contributed by atoms with van der Waals surface area (Å²) in [6, 6.07) is 9.81. The molecule has 2 aromatic heterocycles. The van der Waals surface area contributed by atoms with E-state index in [2.05, 4.69) is 45.1 Å². The van der Waals surface area contributed by atoms with Crippen LogP contribution in [0, 0.1) is 0 Å². The summed E-state index contributed by atoms with van der Waals surface area (Å²) in [5, 5.41) is 12.4. The van der Waals surface area contributed by atoms with Gasteiger partial charge in [0.2, 0.25) is 5.91 Å². The van der Waals surface area contributed by atoms with Crippen LogP contribution in [-0.4, -0.2) is 33.0 Å². The molecule has 0 fully saturated rings. The predicted molar refractivity (Wildman–Crippen MR) is 139 cm³/mol. The lowest BCUT2D eigenvalue weighted by atomic mass is 9.99. The lowest BCUT2D eigenvalue weighted by Gasteiger charge is -2.17. The van der Waals surface area contributed by atoms with Crippen molar-refractivity contribution in [1.29, 1.82) is 0 Å². The number of hydrogen-bond donors (Lipinski definition) is 2. The molecule has 2 aromatic carbocycles. The standard InChI is InChI=1S/C26H23Cl2N5O2/c1-4-24(34)30-23-8-16-13-33(3)12-15(16)7-18(23)26-19-9-17(5-6-22(19)31-32-26)35-14(2)25-20(27)10-29-11-21(25)28/h4-11,14H,1,12-13H2,2-3H3,(H,30,34)(H,31,32)/t14-/m1/s1. The van der Waals surface area contributed by atoms with E-state index >= 15 is 0 Å². The van der Waals surface area contributed by atoms with E-state index in [0.717, 1.165) is 35.2 Å². The van der Waals surface area contributed by atoms with Gasteiger partial charge in [0.1, 0.15) is 17.5 Å². The molecule has 1 atom stereocenters. The van der Waals surface area contributed by atoms with Gasteiger partial charge in [-0.3, -0.25) is 19.8 Å². The first-order valence-electron chi connectivity index (χ1n) is 11.1. The van der Waals surface area contributed by atoms with Gasteiger partial charge in [0.05, 0.1) is 21.2 Å². The monoisotopic (exact) mass is 507 g/mol. The maximum Gasteiger partial charge on any atom is 0.247 e. The lowest BCUT2D eigenvalue weighted by molar-refractivity contribution is -0.111. The van der Waals surface area contributed by atoms with Crippen LogP contribution < -0.4 is 10.1 Å². The zero-order chi connectivity index (χ0) is 24.7. The molecule has 35 heavy (non-hydrogen) atoms. The molecule has 2 N–H and O–H groups in total. The smallest absolute Gasteiger partial charge is 0.247 e. The Kier molecular flexibility index (Phi) is 6.23. The number of carbonyl (C=O) groups is 1. The van der Waals surface area contributed by atoms with Crippen molar-refractivity contribution >= 4 is 45.7 Å². The fraction of sp³-hybridized carbons (Fsp3) is 0.192. The van der Waals surface area contributed by atoms with E-state index in [4.69, 9.17) is 27.9 Å². The average Bonchev–Trinajstić information content (AvgIpc) is 3.40. The quantitative estimate of drug-likeness (QED) is 0.306. The van der Waals surface area contributed by atoms with E-state index < -0.39 is 6.10 Å². The van der Waals surface area contributed by atoms with Crippen LogP contribution in [0.15, 0.2) is 55.4 Å². The number of carbonyl (C=O) groups excluding carboxylic acids is 1. The zero-order valence-electron chi connectivity index (χ0n) is 19.2. The molecular weight excluding hydrogens is 485 g/mol. The van der Waals surface area contributed by atoms with Crippen molar-refractivity contribution in [2.24, 2.45) is 0 Å². The summed E-state index contributed by atoms with van der Waals surface area (Å²) < 4.78 is 6.20. The van der Waals surface area contributed by atoms with Crippen LogP contribution in [0.2, 0.25) is 10.0 Å². The number of aromatic amines is 1. The molecule has 0 bridgehead atoms. The zero-order valence-corrected chi connectivity index (χ0v) is 20.7. The normalized spacial score (nSPS) is 14.1. The Bertz CT molecular complexity index is 1450. The molecule has 1 aliphatic heterocycles. The van der Waals surface area contributed by atoms with Gasteiger partial charge in [0.25, 0.3) is 0 Å². The summed E-state index contributed by atoms with van der Waals surface area (Å²) in [7, 11) is 2.07. The third kappa shape index (κ3) is 4.50. The van der Waals surface area contributed by atoms with Crippen molar-refractivity contribution in [1.82, 2.24) is 20.1 Å². The number of fused-ring (bicyclic) bond motifs is 2. The maximum absolute atomic E-state index is 12.2. The lowest BCUT2D eigenvalue weighted by Crippen LogP contribution is -2.09. The number of pyridine rings is 1. The molecule has 3 heterocycles. The number of hydrogen-bond acceptors (Lipinski definition) is 5. The highest BCUT2D eigenvalue weighted by molar-refractivity contribution is 6.35. The second-order valence-electron chi connectivity index (χ2n) is 8.59. The van der Waals surface area contributed by atoms with E-state index in [-0.39, 0.29) is 5.91 Å². The van der Waals surface area contributed by atoms with Gasteiger partial charge in [0.15, 0.2) is 0 Å². The Morgan fingerprint density at radius 2 is 1.91 bits per heavy atom. The fourth-order valence-corrected chi connectivity index (χ4v) is 5.12. The number of anilines is 1. The van der Waals surface area contributed by atoms with E-state index in [9.17, 15) is 4.79 Å². The molecule has 1 amide bonds. The van der Waals surface area contributed by atoms with Gasteiger partial charge < -0.3 is 10.1 Å². The third-order valence-corrected chi connectivity index (χ3v) is 6.67. The molecule has 1 aliphatic rings. The Morgan fingerprint density at radius 3 is 2.63 bits per heavy atom. The van der Waals surface area contributed by atoms with Crippen LogP contribution in [0.1, 0.15) is 29.7 Å². The average molecular weight is 508 g/mol. The second-order valence-corrected chi connectivity index (χ2v) is 9.40. The topological polar surface area (TPSA) is 83.1 Å². The molecule has 0 aliphatic carbocycles.